The average molecular weight is 480 g/mol. The van der Waals surface area contributed by atoms with Gasteiger partial charge in [0, 0.05) is 30.4 Å². The summed E-state index contributed by atoms with van der Waals surface area (Å²) in [5.74, 6) is 0.734. The van der Waals surface area contributed by atoms with Crippen molar-refractivity contribution in [3.63, 3.8) is 0 Å². The van der Waals surface area contributed by atoms with Crippen LogP contribution in [0.15, 0.2) is 28.5 Å². The summed E-state index contributed by atoms with van der Waals surface area (Å²) in [6.45, 7) is 2.33. The number of aliphatic imine (C=N–C) groups is 1. The average Bonchev–Trinajstić information content (AvgIpc) is 3.24. The number of aryl methyl sites for hydroxylation is 1. The van der Waals surface area contributed by atoms with E-state index in [0.29, 0.717) is 35.2 Å². The van der Waals surface area contributed by atoms with Crippen LogP contribution in [0.4, 0.5) is 33.9 Å². The Kier molecular flexibility index (Phi) is 6.28. The first kappa shape index (κ1) is 23.0. The second kappa shape index (κ2) is 9.00. The zero-order chi connectivity index (χ0) is 23.8. The smallest absolute Gasteiger partial charge is 0.338 e. The van der Waals surface area contributed by atoms with Gasteiger partial charge in [0.05, 0.1) is 18.7 Å². The lowest BCUT2D eigenvalue weighted by Crippen LogP contribution is -2.33. The number of hydrogen-bond donors (Lipinski definition) is 2. The number of anilines is 2. The van der Waals surface area contributed by atoms with Gasteiger partial charge in [-0.3, -0.25) is 4.99 Å². The molecule has 0 unspecified atom stereocenters. The molecule has 0 saturated heterocycles. The fourth-order valence-electron chi connectivity index (χ4n) is 3.63. The Labute approximate surface area is 191 Å². The fourth-order valence-corrected chi connectivity index (χ4v) is 3.96. The molecule has 2 aromatic rings. The number of amidine groups is 1. The largest absolute Gasteiger partial charge is 0.390 e. The third-order valence-corrected chi connectivity index (χ3v) is 5.70. The lowest BCUT2D eigenvalue weighted by Gasteiger charge is -2.28. The molecule has 0 saturated carbocycles. The summed E-state index contributed by atoms with van der Waals surface area (Å²) in [6, 6.07) is 1.80. The van der Waals surface area contributed by atoms with E-state index in [1.807, 2.05) is 17.2 Å². The highest BCUT2D eigenvalue weighted by Crippen LogP contribution is 2.37. The minimum absolute atomic E-state index is 0.147. The number of aromatic nitrogens is 2. The highest BCUT2D eigenvalue weighted by Gasteiger charge is 2.31. The summed E-state index contributed by atoms with van der Waals surface area (Å²) < 4.78 is 51.4. The van der Waals surface area contributed by atoms with E-state index in [2.05, 4.69) is 25.6 Å². The Bertz CT molecular complexity index is 1160. The van der Waals surface area contributed by atoms with Gasteiger partial charge in [-0.1, -0.05) is 11.8 Å². The van der Waals surface area contributed by atoms with E-state index in [9.17, 15) is 22.4 Å². The van der Waals surface area contributed by atoms with Gasteiger partial charge in [0.25, 0.3) is 0 Å². The first-order valence-electron chi connectivity index (χ1n) is 10.0. The van der Waals surface area contributed by atoms with Crippen LogP contribution in [0.25, 0.3) is 11.6 Å². The molecule has 1 aromatic heterocycles. The summed E-state index contributed by atoms with van der Waals surface area (Å²) in [5.41, 5.74) is 2.60. The van der Waals surface area contributed by atoms with Crippen molar-refractivity contribution in [2.24, 2.45) is 4.99 Å². The molecule has 2 amide bonds. The van der Waals surface area contributed by atoms with E-state index >= 15 is 0 Å². The topological polar surface area (TPSA) is 82.5 Å². The number of carbonyl (C=O) groups is 1. The Hall–Kier alpha value is -3.15. The molecule has 0 radical (unpaired) electrons. The summed E-state index contributed by atoms with van der Waals surface area (Å²) in [6.07, 6.45) is -0.0960. The maximum Gasteiger partial charge on any atom is 0.390 e. The molecule has 0 spiro atoms. The van der Waals surface area contributed by atoms with Gasteiger partial charge in [-0.05, 0) is 42.5 Å². The first-order chi connectivity index (χ1) is 15.7. The van der Waals surface area contributed by atoms with Gasteiger partial charge in [0.1, 0.15) is 17.5 Å². The number of fused-ring (bicyclic) bond motifs is 3. The van der Waals surface area contributed by atoms with Crippen LogP contribution in [0, 0.1) is 12.7 Å². The molecular weight excluding hydrogens is 460 g/mol. The quantitative estimate of drug-likeness (QED) is 0.374. The summed E-state index contributed by atoms with van der Waals surface area (Å²) in [5, 5.41) is 5.02. The molecule has 3 heterocycles. The molecule has 0 atom stereocenters. The van der Waals surface area contributed by atoms with Gasteiger partial charge in [0.2, 0.25) is 0 Å². The molecule has 2 aliphatic rings. The Morgan fingerprint density at radius 1 is 1.30 bits per heavy atom. The van der Waals surface area contributed by atoms with E-state index in [4.69, 9.17) is 0 Å². The lowest BCUT2D eigenvalue weighted by atomic mass is 9.94. The van der Waals surface area contributed by atoms with Crippen molar-refractivity contribution >= 4 is 46.8 Å². The molecule has 0 bridgehead atoms. The van der Waals surface area contributed by atoms with E-state index in [0.717, 1.165) is 17.0 Å². The second-order valence-corrected chi connectivity index (χ2v) is 8.22. The van der Waals surface area contributed by atoms with Crippen molar-refractivity contribution in [1.82, 2.24) is 15.3 Å². The molecule has 1 aromatic carbocycles. The number of nitrogens with zero attached hydrogens (tertiary/aromatic N) is 4. The van der Waals surface area contributed by atoms with Crippen molar-refractivity contribution in [2.45, 2.75) is 24.7 Å². The third kappa shape index (κ3) is 4.95. The predicted molar refractivity (Wildman–Crippen MR) is 120 cm³/mol. The monoisotopic (exact) mass is 480 g/mol. The second-order valence-electron chi connectivity index (χ2n) is 7.44. The van der Waals surface area contributed by atoms with E-state index < -0.39 is 31.0 Å². The molecule has 2 N–H and O–H groups in total. The van der Waals surface area contributed by atoms with E-state index in [-0.39, 0.29) is 5.69 Å². The van der Waals surface area contributed by atoms with Crippen LogP contribution >= 0.6 is 11.8 Å². The highest BCUT2D eigenvalue weighted by atomic mass is 32.2. The van der Waals surface area contributed by atoms with E-state index in [1.165, 1.54) is 23.9 Å². The minimum atomic E-state index is -4.40. The fraction of sp³-hybridized carbons (Fsp3) is 0.333. The maximum absolute atomic E-state index is 14.6. The highest BCUT2D eigenvalue weighted by molar-refractivity contribution is 7.98. The Balaban J connectivity index is 1.65. The number of rotatable bonds is 5. The number of carbonyl (C=O) groups excluding carboxylic acids is 1. The van der Waals surface area contributed by atoms with Crippen LogP contribution in [-0.2, 0) is 0 Å². The van der Waals surface area contributed by atoms with Crippen molar-refractivity contribution in [1.29, 1.82) is 0 Å². The van der Waals surface area contributed by atoms with Crippen LogP contribution in [0.5, 0.6) is 0 Å². The molecule has 0 aliphatic carbocycles. The number of halogens is 4. The number of nitrogens with one attached hydrogen (secondary N) is 2. The zero-order valence-electron chi connectivity index (χ0n) is 17.8. The Morgan fingerprint density at radius 3 is 2.82 bits per heavy atom. The number of benzene rings is 1. The van der Waals surface area contributed by atoms with Crippen molar-refractivity contribution < 1.29 is 22.4 Å². The molecule has 2 aliphatic heterocycles. The molecule has 7 nitrogen and oxygen atoms in total. The van der Waals surface area contributed by atoms with Crippen LogP contribution in [-0.4, -0.2) is 53.9 Å². The standard InChI is InChI=1S/C21H20F4N6OS/c1-11-7-15(22)16(29-19(32)27-4-3-21(23,24)25)9-13(11)14-8-12-10-28-20(33-2)30-17(12)31-6-5-26-18(14)31/h7-10H,3-6H2,1-2H3,(H2,27,29,32). The molecule has 33 heavy (non-hydrogen) atoms. The van der Waals surface area contributed by atoms with Crippen molar-refractivity contribution in [2.75, 3.05) is 36.1 Å². The van der Waals surface area contributed by atoms with Crippen molar-refractivity contribution in [3.8, 4) is 0 Å². The summed E-state index contributed by atoms with van der Waals surface area (Å²) >= 11 is 1.43. The predicted octanol–water partition coefficient (Wildman–Crippen LogP) is 4.49. The molecule has 174 valence electrons. The number of alkyl halides is 3. The Morgan fingerprint density at radius 2 is 2.09 bits per heavy atom. The van der Waals surface area contributed by atoms with E-state index in [1.54, 1.807) is 13.1 Å². The van der Waals surface area contributed by atoms with Crippen LogP contribution in [0.3, 0.4) is 0 Å². The number of urea groups is 1. The summed E-state index contributed by atoms with van der Waals surface area (Å²) in [7, 11) is 0. The van der Waals surface area contributed by atoms with Gasteiger partial charge in [-0.25, -0.2) is 19.2 Å². The maximum atomic E-state index is 14.6. The molecule has 0 fully saturated rings. The number of hydrogen-bond acceptors (Lipinski definition) is 6. The lowest BCUT2D eigenvalue weighted by molar-refractivity contribution is -0.132. The van der Waals surface area contributed by atoms with Crippen LogP contribution in [0.1, 0.15) is 23.1 Å². The molecular formula is C21H20F4N6OS. The number of thioether (sulfide) groups is 1. The summed E-state index contributed by atoms with van der Waals surface area (Å²) in [4.78, 5) is 27.5. The molecule has 12 heteroatoms. The van der Waals surface area contributed by atoms with Gasteiger partial charge >= 0.3 is 12.2 Å². The molecule has 4 rings (SSSR count). The van der Waals surface area contributed by atoms with Gasteiger partial charge in [-0.2, -0.15) is 13.2 Å². The third-order valence-electron chi connectivity index (χ3n) is 5.14. The van der Waals surface area contributed by atoms with Gasteiger partial charge in [0.15, 0.2) is 5.16 Å². The van der Waals surface area contributed by atoms with Gasteiger partial charge in [-0.15, -0.1) is 0 Å². The zero-order valence-corrected chi connectivity index (χ0v) is 18.6. The van der Waals surface area contributed by atoms with Crippen LogP contribution < -0.4 is 15.5 Å². The first-order valence-corrected chi connectivity index (χ1v) is 11.3. The minimum Gasteiger partial charge on any atom is -0.338 e. The normalized spacial score (nSPS) is 14.9. The van der Waals surface area contributed by atoms with Crippen molar-refractivity contribution in [3.05, 3.63) is 40.8 Å². The number of amides is 2. The SMILES string of the molecule is CSc1ncc2c(n1)N1CCN=C1C(c1cc(NC(=O)NCCC(F)(F)F)c(F)cc1C)=C2. The van der Waals surface area contributed by atoms with Crippen LogP contribution in [0.2, 0.25) is 0 Å². The van der Waals surface area contributed by atoms with Gasteiger partial charge < -0.3 is 15.5 Å².